The fourth-order valence-corrected chi connectivity index (χ4v) is 3.79. The quantitative estimate of drug-likeness (QED) is 0.639. The second kappa shape index (κ2) is 4.63. The van der Waals surface area contributed by atoms with Crippen LogP contribution in [0, 0.1) is 0 Å². The summed E-state index contributed by atoms with van der Waals surface area (Å²) in [6.45, 7) is 0. The molecule has 0 fully saturated rings. The number of rotatable bonds is 1. The highest BCUT2D eigenvalue weighted by Crippen LogP contribution is 2.33. The zero-order valence-corrected chi connectivity index (χ0v) is 11.2. The van der Waals surface area contributed by atoms with Crippen LogP contribution in [0.25, 0.3) is 0 Å². The molecule has 1 aliphatic rings. The second-order valence-electron chi connectivity index (χ2n) is 4.33. The molecule has 0 amide bonds. The lowest BCUT2D eigenvalue weighted by Gasteiger charge is -2.20. The van der Waals surface area contributed by atoms with Gasteiger partial charge in [-0.05, 0) is 29.3 Å². The highest BCUT2D eigenvalue weighted by molar-refractivity contribution is 7.85. The van der Waals surface area contributed by atoms with Gasteiger partial charge in [0, 0.05) is 16.2 Å². The van der Waals surface area contributed by atoms with Crippen LogP contribution >= 0.6 is 0 Å². The minimum Gasteiger partial charge on any atom is -0.465 e. The summed E-state index contributed by atoms with van der Waals surface area (Å²) in [5.74, 6) is -0.381. The Morgan fingerprint density at radius 3 is 2.63 bits per heavy atom. The lowest BCUT2D eigenvalue weighted by Crippen LogP contribution is -2.14. The molecule has 3 rings (SSSR count). The molecule has 3 nitrogen and oxygen atoms in total. The Balaban J connectivity index is 2.20. The van der Waals surface area contributed by atoms with Gasteiger partial charge in [-0.3, -0.25) is 0 Å². The van der Waals surface area contributed by atoms with Crippen LogP contribution < -0.4 is 0 Å². The van der Waals surface area contributed by atoms with E-state index in [1.54, 1.807) is 12.1 Å². The van der Waals surface area contributed by atoms with Gasteiger partial charge in [-0.25, -0.2) is 9.00 Å². The van der Waals surface area contributed by atoms with E-state index in [1.165, 1.54) is 7.11 Å². The first-order chi connectivity index (χ1) is 9.22. The highest BCUT2D eigenvalue weighted by atomic mass is 32.2. The Hall–Kier alpha value is -1.94. The van der Waals surface area contributed by atoms with E-state index in [9.17, 15) is 9.00 Å². The average molecular weight is 272 g/mol. The normalized spacial score (nSPS) is 16.4. The molecular weight excluding hydrogens is 260 g/mol. The Morgan fingerprint density at radius 2 is 1.84 bits per heavy atom. The predicted octanol–water partition coefficient (Wildman–Crippen LogP) is 2.54. The summed E-state index contributed by atoms with van der Waals surface area (Å²) in [5, 5.41) is 0. The maximum absolute atomic E-state index is 12.5. The van der Waals surface area contributed by atoms with Crippen molar-refractivity contribution in [3.05, 3.63) is 59.2 Å². The smallest absolute Gasteiger partial charge is 0.338 e. The van der Waals surface area contributed by atoms with Crippen LogP contribution in [0.3, 0.4) is 0 Å². The van der Waals surface area contributed by atoms with Crippen LogP contribution in [0.5, 0.6) is 0 Å². The molecular formula is C15H12O3S. The van der Waals surface area contributed by atoms with Gasteiger partial charge < -0.3 is 4.74 Å². The van der Waals surface area contributed by atoms with Crippen molar-refractivity contribution in [2.75, 3.05) is 7.11 Å². The van der Waals surface area contributed by atoms with E-state index in [0.29, 0.717) is 16.9 Å². The first kappa shape index (κ1) is 12.1. The van der Waals surface area contributed by atoms with Crippen LogP contribution in [0.2, 0.25) is 0 Å². The van der Waals surface area contributed by atoms with Gasteiger partial charge in [-0.2, -0.15) is 0 Å². The summed E-state index contributed by atoms with van der Waals surface area (Å²) >= 11 is 0. The number of carbonyl (C=O) groups is 1. The maximum Gasteiger partial charge on any atom is 0.338 e. The standard InChI is InChI=1S/C15H12O3S/c1-18-15(16)11-6-4-8-14-12(11)9-10-5-2-3-7-13(10)19(14)17/h2-8H,9H2,1H3. The molecule has 1 aliphatic heterocycles. The molecule has 2 aromatic rings. The lowest BCUT2D eigenvalue weighted by molar-refractivity contribution is 0.0599. The maximum atomic E-state index is 12.5. The van der Waals surface area contributed by atoms with Crippen molar-refractivity contribution in [1.29, 1.82) is 0 Å². The molecule has 0 saturated carbocycles. The predicted molar refractivity (Wildman–Crippen MR) is 71.7 cm³/mol. The van der Waals surface area contributed by atoms with Gasteiger partial charge in [-0.15, -0.1) is 0 Å². The Morgan fingerprint density at radius 1 is 1.11 bits per heavy atom. The monoisotopic (exact) mass is 272 g/mol. The van der Waals surface area contributed by atoms with E-state index < -0.39 is 10.8 Å². The van der Waals surface area contributed by atoms with E-state index >= 15 is 0 Å². The van der Waals surface area contributed by atoms with E-state index in [4.69, 9.17) is 4.74 Å². The van der Waals surface area contributed by atoms with Gasteiger partial charge in [0.25, 0.3) is 0 Å². The Kier molecular flexibility index (Phi) is 2.95. The topological polar surface area (TPSA) is 43.4 Å². The highest BCUT2D eigenvalue weighted by Gasteiger charge is 2.25. The summed E-state index contributed by atoms with van der Waals surface area (Å²) in [7, 11) is 0.130. The third-order valence-electron chi connectivity index (χ3n) is 3.28. The lowest BCUT2D eigenvalue weighted by atomic mass is 9.99. The fraction of sp³-hybridized carbons (Fsp3) is 0.133. The summed E-state index contributed by atoms with van der Waals surface area (Å²) in [4.78, 5) is 13.3. The summed E-state index contributed by atoms with van der Waals surface area (Å²) < 4.78 is 17.3. The molecule has 0 aromatic heterocycles. The number of esters is 1. The minimum absolute atomic E-state index is 0.381. The molecule has 0 spiro atoms. The molecule has 0 saturated heterocycles. The van der Waals surface area contributed by atoms with Gasteiger partial charge >= 0.3 is 5.97 Å². The molecule has 0 radical (unpaired) electrons. The summed E-state index contributed by atoms with van der Waals surface area (Å²) in [6, 6.07) is 12.9. The zero-order chi connectivity index (χ0) is 13.4. The van der Waals surface area contributed by atoms with Crippen LogP contribution in [-0.4, -0.2) is 17.3 Å². The number of methoxy groups -OCH3 is 1. The number of hydrogen-bond donors (Lipinski definition) is 0. The molecule has 0 N–H and O–H groups in total. The molecule has 1 heterocycles. The van der Waals surface area contributed by atoms with E-state index in [-0.39, 0.29) is 5.97 Å². The van der Waals surface area contributed by atoms with E-state index in [1.807, 2.05) is 30.3 Å². The SMILES string of the molecule is COC(=O)c1cccc2c1Cc1ccccc1S2=O. The van der Waals surface area contributed by atoms with Crippen LogP contribution in [0.15, 0.2) is 52.3 Å². The van der Waals surface area contributed by atoms with Crippen LogP contribution in [0.4, 0.5) is 0 Å². The fourth-order valence-electron chi connectivity index (χ4n) is 2.36. The van der Waals surface area contributed by atoms with Gasteiger partial charge in [0.05, 0.1) is 23.5 Å². The van der Waals surface area contributed by atoms with E-state index in [0.717, 1.165) is 16.0 Å². The third kappa shape index (κ3) is 1.88. The largest absolute Gasteiger partial charge is 0.465 e. The molecule has 2 aromatic carbocycles. The molecule has 19 heavy (non-hydrogen) atoms. The van der Waals surface area contributed by atoms with Crippen molar-refractivity contribution >= 4 is 16.8 Å². The molecule has 0 bridgehead atoms. The van der Waals surface area contributed by atoms with E-state index in [2.05, 4.69) is 0 Å². The van der Waals surface area contributed by atoms with Crippen molar-refractivity contribution in [2.24, 2.45) is 0 Å². The van der Waals surface area contributed by atoms with Crippen LogP contribution in [-0.2, 0) is 22.0 Å². The van der Waals surface area contributed by atoms with Crippen molar-refractivity contribution in [3.8, 4) is 0 Å². The zero-order valence-electron chi connectivity index (χ0n) is 10.4. The van der Waals surface area contributed by atoms with Gasteiger partial charge in [0.2, 0.25) is 0 Å². The van der Waals surface area contributed by atoms with Crippen molar-refractivity contribution in [2.45, 2.75) is 16.2 Å². The molecule has 96 valence electrons. The minimum atomic E-state index is -1.23. The Labute approximate surface area is 113 Å². The van der Waals surface area contributed by atoms with Gasteiger partial charge in [0.1, 0.15) is 0 Å². The van der Waals surface area contributed by atoms with Crippen LogP contribution in [0.1, 0.15) is 21.5 Å². The number of benzene rings is 2. The molecule has 1 unspecified atom stereocenters. The first-order valence-corrected chi connectivity index (χ1v) is 7.07. The summed E-state index contributed by atoms with van der Waals surface area (Å²) in [5.41, 5.74) is 2.32. The number of fused-ring (bicyclic) bond motifs is 2. The van der Waals surface area contributed by atoms with Gasteiger partial charge in [-0.1, -0.05) is 24.3 Å². The second-order valence-corrected chi connectivity index (χ2v) is 5.74. The van der Waals surface area contributed by atoms with Crippen molar-refractivity contribution in [1.82, 2.24) is 0 Å². The number of hydrogen-bond acceptors (Lipinski definition) is 3. The average Bonchev–Trinajstić information content (AvgIpc) is 2.46. The van der Waals surface area contributed by atoms with Crippen molar-refractivity contribution < 1.29 is 13.7 Å². The first-order valence-electron chi connectivity index (χ1n) is 5.92. The Bertz CT molecular complexity index is 692. The number of ether oxygens (including phenoxy) is 1. The molecule has 4 heteroatoms. The van der Waals surface area contributed by atoms with Crippen molar-refractivity contribution in [3.63, 3.8) is 0 Å². The summed E-state index contributed by atoms with van der Waals surface area (Å²) in [6.07, 6.45) is 0.614. The van der Waals surface area contributed by atoms with Gasteiger partial charge in [0.15, 0.2) is 0 Å². The number of carbonyl (C=O) groups excluding carboxylic acids is 1. The molecule has 1 atom stereocenters. The third-order valence-corrected chi connectivity index (χ3v) is 4.86. The molecule has 0 aliphatic carbocycles.